The lowest BCUT2D eigenvalue weighted by molar-refractivity contribution is 0.0504. The van der Waals surface area contributed by atoms with Gasteiger partial charge in [-0.3, -0.25) is 0 Å². The Bertz CT molecular complexity index is 1040. The maximum absolute atomic E-state index is 11.9. The van der Waals surface area contributed by atoms with E-state index in [1.54, 1.807) is 36.4 Å². The standard InChI is InChI=1S/C22H23ClN4O5/c1-4-10-31-21(28)14-8-9-18(24-12-14)25-13-15-16(23)6-5-7-17(15)32-22-26-19(29-2)11-20(27-22)30-3/h5-9,11-12H,4,10,13H2,1-3H3,(H,24,25). The van der Waals surface area contributed by atoms with Crippen LogP contribution in [0.2, 0.25) is 5.02 Å². The number of esters is 1. The molecule has 0 amide bonds. The number of benzene rings is 1. The average Bonchev–Trinajstić information content (AvgIpc) is 2.82. The van der Waals surface area contributed by atoms with Gasteiger partial charge in [-0.05, 0) is 30.7 Å². The van der Waals surface area contributed by atoms with Crippen molar-refractivity contribution in [3.05, 3.63) is 58.7 Å². The predicted octanol–water partition coefficient (Wildman–Crippen LogP) is 4.51. The number of ether oxygens (including phenoxy) is 4. The second kappa shape index (κ2) is 11.1. The van der Waals surface area contributed by atoms with Gasteiger partial charge >= 0.3 is 12.0 Å². The Labute approximate surface area is 190 Å². The molecule has 0 atom stereocenters. The fourth-order valence-corrected chi connectivity index (χ4v) is 2.85. The zero-order valence-corrected chi connectivity index (χ0v) is 18.7. The first-order chi connectivity index (χ1) is 15.5. The van der Waals surface area contributed by atoms with Crippen LogP contribution in [0.3, 0.4) is 0 Å². The predicted molar refractivity (Wildman–Crippen MR) is 119 cm³/mol. The molecule has 0 saturated carbocycles. The number of pyridine rings is 1. The molecule has 2 aromatic heterocycles. The minimum Gasteiger partial charge on any atom is -0.481 e. The molecule has 1 N–H and O–H groups in total. The molecule has 3 aromatic rings. The van der Waals surface area contributed by atoms with Crippen LogP contribution in [0.1, 0.15) is 29.3 Å². The van der Waals surface area contributed by atoms with Gasteiger partial charge in [-0.1, -0.05) is 24.6 Å². The zero-order valence-electron chi connectivity index (χ0n) is 17.9. The topological polar surface area (TPSA) is 105 Å². The van der Waals surface area contributed by atoms with E-state index < -0.39 is 5.97 Å². The van der Waals surface area contributed by atoms with Crippen molar-refractivity contribution in [2.24, 2.45) is 0 Å². The van der Waals surface area contributed by atoms with Crippen molar-refractivity contribution in [3.63, 3.8) is 0 Å². The third-order valence-corrected chi connectivity index (χ3v) is 4.59. The Morgan fingerprint density at radius 2 is 1.84 bits per heavy atom. The van der Waals surface area contributed by atoms with Crippen molar-refractivity contribution < 1.29 is 23.7 Å². The Balaban J connectivity index is 1.74. The average molecular weight is 459 g/mol. The van der Waals surface area contributed by atoms with Gasteiger partial charge in [0.1, 0.15) is 11.6 Å². The smallest absolute Gasteiger partial charge is 0.339 e. The SMILES string of the molecule is CCCOC(=O)c1ccc(NCc2c(Cl)cccc2Oc2nc(OC)cc(OC)n2)nc1. The Hall–Kier alpha value is -3.59. The molecule has 32 heavy (non-hydrogen) atoms. The third kappa shape index (κ3) is 5.98. The molecule has 1 aromatic carbocycles. The summed E-state index contributed by atoms with van der Waals surface area (Å²) in [5, 5.41) is 3.65. The molecule has 0 saturated heterocycles. The number of halogens is 1. The van der Waals surface area contributed by atoms with Crippen molar-refractivity contribution in [3.8, 4) is 23.5 Å². The first-order valence-corrected chi connectivity index (χ1v) is 10.2. The molecule has 0 aliphatic rings. The normalized spacial score (nSPS) is 10.4. The van der Waals surface area contributed by atoms with Crippen LogP contribution in [0.25, 0.3) is 0 Å². The van der Waals surface area contributed by atoms with E-state index in [2.05, 4.69) is 20.3 Å². The van der Waals surface area contributed by atoms with E-state index in [1.807, 2.05) is 6.92 Å². The van der Waals surface area contributed by atoms with Crippen molar-refractivity contribution in [2.45, 2.75) is 19.9 Å². The van der Waals surface area contributed by atoms with E-state index in [0.29, 0.717) is 52.6 Å². The molecule has 0 unspecified atom stereocenters. The van der Waals surface area contributed by atoms with Gasteiger partial charge in [-0.2, -0.15) is 9.97 Å². The first kappa shape index (κ1) is 23.1. The number of aromatic nitrogens is 3. The number of hydrogen-bond donors (Lipinski definition) is 1. The summed E-state index contributed by atoms with van der Waals surface area (Å²) < 4.78 is 21.3. The third-order valence-electron chi connectivity index (χ3n) is 4.24. The van der Waals surface area contributed by atoms with Crippen molar-refractivity contribution in [2.75, 3.05) is 26.1 Å². The molecule has 2 heterocycles. The van der Waals surface area contributed by atoms with Gasteiger partial charge in [0.2, 0.25) is 11.8 Å². The van der Waals surface area contributed by atoms with Gasteiger partial charge in [0.25, 0.3) is 0 Å². The van der Waals surface area contributed by atoms with Gasteiger partial charge in [-0.25, -0.2) is 9.78 Å². The number of anilines is 1. The minimum atomic E-state index is -0.401. The van der Waals surface area contributed by atoms with E-state index in [-0.39, 0.29) is 6.01 Å². The summed E-state index contributed by atoms with van der Waals surface area (Å²) in [5.74, 6) is 1.22. The summed E-state index contributed by atoms with van der Waals surface area (Å²) in [6.07, 6.45) is 2.22. The molecule has 168 valence electrons. The van der Waals surface area contributed by atoms with Crippen molar-refractivity contribution in [1.82, 2.24) is 15.0 Å². The van der Waals surface area contributed by atoms with Crippen LogP contribution in [0.5, 0.6) is 23.5 Å². The van der Waals surface area contributed by atoms with Crippen LogP contribution < -0.4 is 19.5 Å². The highest BCUT2D eigenvalue weighted by molar-refractivity contribution is 6.31. The fourth-order valence-electron chi connectivity index (χ4n) is 2.62. The van der Waals surface area contributed by atoms with Crippen LogP contribution in [-0.2, 0) is 11.3 Å². The summed E-state index contributed by atoms with van der Waals surface area (Å²) in [7, 11) is 2.98. The number of hydrogen-bond acceptors (Lipinski definition) is 9. The van der Waals surface area contributed by atoms with E-state index in [4.69, 9.17) is 30.5 Å². The number of nitrogens with one attached hydrogen (secondary N) is 1. The molecule has 0 radical (unpaired) electrons. The van der Waals surface area contributed by atoms with Crippen LogP contribution >= 0.6 is 11.6 Å². The molecule has 0 bridgehead atoms. The monoisotopic (exact) mass is 458 g/mol. The largest absolute Gasteiger partial charge is 0.481 e. The fraction of sp³-hybridized carbons (Fsp3) is 0.273. The first-order valence-electron chi connectivity index (χ1n) is 9.83. The summed E-state index contributed by atoms with van der Waals surface area (Å²) in [4.78, 5) is 24.5. The zero-order chi connectivity index (χ0) is 22.9. The highest BCUT2D eigenvalue weighted by Gasteiger charge is 2.14. The van der Waals surface area contributed by atoms with Gasteiger partial charge < -0.3 is 24.3 Å². The van der Waals surface area contributed by atoms with Gasteiger partial charge in [0, 0.05) is 23.3 Å². The number of nitrogens with zero attached hydrogens (tertiary/aromatic N) is 3. The lowest BCUT2D eigenvalue weighted by Gasteiger charge is -2.14. The van der Waals surface area contributed by atoms with Gasteiger partial charge in [0.15, 0.2) is 0 Å². The molecule has 9 nitrogen and oxygen atoms in total. The molecule has 10 heteroatoms. The number of methoxy groups -OCH3 is 2. The van der Waals surface area contributed by atoms with Crippen LogP contribution in [0.4, 0.5) is 5.82 Å². The summed E-state index contributed by atoms with van der Waals surface area (Å²) in [6.45, 7) is 2.61. The molecular formula is C22H23ClN4O5. The molecular weight excluding hydrogens is 436 g/mol. The second-order valence-electron chi connectivity index (χ2n) is 6.48. The van der Waals surface area contributed by atoms with Crippen LogP contribution in [-0.4, -0.2) is 41.7 Å². The second-order valence-corrected chi connectivity index (χ2v) is 6.88. The van der Waals surface area contributed by atoms with Crippen LogP contribution in [0, 0.1) is 0 Å². The lowest BCUT2D eigenvalue weighted by atomic mass is 10.2. The maximum Gasteiger partial charge on any atom is 0.339 e. The van der Waals surface area contributed by atoms with Gasteiger partial charge in [0.05, 0.1) is 32.5 Å². The van der Waals surface area contributed by atoms with E-state index in [0.717, 1.165) is 6.42 Å². The van der Waals surface area contributed by atoms with Crippen molar-refractivity contribution >= 4 is 23.4 Å². The van der Waals surface area contributed by atoms with Gasteiger partial charge in [-0.15, -0.1) is 0 Å². The molecule has 0 spiro atoms. The van der Waals surface area contributed by atoms with E-state index >= 15 is 0 Å². The molecule has 3 rings (SSSR count). The van der Waals surface area contributed by atoms with Crippen LogP contribution in [0.15, 0.2) is 42.6 Å². The lowest BCUT2D eigenvalue weighted by Crippen LogP contribution is -2.08. The molecule has 0 aliphatic heterocycles. The highest BCUT2D eigenvalue weighted by atomic mass is 35.5. The van der Waals surface area contributed by atoms with E-state index in [9.17, 15) is 4.79 Å². The Morgan fingerprint density at radius 3 is 2.47 bits per heavy atom. The Kier molecular flexibility index (Phi) is 8.04. The highest BCUT2D eigenvalue weighted by Crippen LogP contribution is 2.31. The summed E-state index contributed by atoms with van der Waals surface area (Å²) in [5.41, 5.74) is 1.06. The number of rotatable bonds is 10. The summed E-state index contributed by atoms with van der Waals surface area (Å²) in [6, 6.07) is 10.2. The van der Waals surface area contributed by atoms with E-state index in [1.165, 1.54) is 20.4 Å². The Morgan fingerprint density at radius 1 is 1.09 bits per heavy atom. The number of carbonyl (C=O) groups is 1. The van der Waals surface area contributed by atoms with Crippen molar-refractivity contribution in [1.29, 1.82) is 0 Å². The molecule has 0 fully saturated rings. The summed E-state index contributed by atoms with van der Waals surface area (Å²) >= 11 is 6.40. The number of carbonyl (C=O) groups excluding carboxylic acids is 1. The maximum atomic E-state index is 11.9. The minimum absolute atomic E-state index is 0.0535. The quantitative estimate of drug-likeness (QED) is 0.439. The molecule has 0 aliphatic carbocycles.